The molecule has 4 N–H and O–H groups in total. The molecule has 148 valence electrons. The standard InChI is InChI=1S/C22H34N4O/c1-17(2)15-18(9-5-3-6-12-25-24)20-16-19(10-11-21(20)23)22(27)26-13-7-4-8-14-26/h10-12,15-17H,3-9,13-14,23-24H2,1-2H3/b18-15+,25-12-. The first kappa shape index (κ1) is 21.0. The number of rotatable bonds is 8. The molecule has 27 heavy (non-hydrogen) atoms. The van der Waals surface area contributed by atoms with Gasteiger partial charge < -0.3 is 16.5 Å². The largest absolute Gasteiger partial charge is 0.398 e. The molecule has 1 aromatic rings. The summed E-state index contributed by atoms with van der Waals surface area (Å²) in [6.45, 7) is 6.05. The van der Waals surface area contributed by atoms with Gasteiger partial charge in [-0.1, -0.05) is 19.9 Å². The van der Waals surface area contributed by atoms with Crippen molar-refractivity contribution in [2.75, 3.05) is 18.8 Å². The molecule has 0 aliphatic carbocycles. The fourth-order valence-electron chi connectivity index (χ4n) is 3.58. The van der Waals surface area contributed by atoms with Crippen molar-refractivity contribution in [1.29, 1.82) is 0 Å². The van der Waals surface area contributed by atoms with E-state index in [4.69, 9.17) is 11.6 Å². The molecule has 0 bridgehead atoms. The van der Waals surface area contributed by atoms with Crippen molar-refractivity contribution in [2.24, 2.45) is 16.9 Å². The number of benzene rings is 1. The molecule has 0 unspecified atom stereocenters. The van der Waals surface area contributed by atoms with E-state index >= 15 is 0 Å². The van der Waals surface area contributed by atoms with Gasteiger partial charge in [-0.25, -0.2) is 0 Å². The molecule has 0 spiro atoms. The van der Waals surface area contributed by atoms with E-state index in [0.29, 0.717) is 5.92 Å². The number of nitrogen functional groups attached to an aromatic ring is 1. The summed E-state index contributed by atoms with van der Waals surface area (Å²) in [6.07, 6.45) is 11.3. The highest BCUT2D eigenvalue weighted by Crippen LogP contribution is 2.29. The number of allylic oxidation sites excluding steroid dienone is 2. The van der Waals surface area contributed by atoms with Crippen molar-refractivity contribution in [3.05, 3.63) is 35.4 Å². The Bertz CT molecular complexity index is 673. The van der Waals surface area contributed by atoms with Crippen LogP contribution in [0, 0.1) is 5.92 Å². The summed E-state index contributed by atoms with van der Waals surface area (Å²) in [5.41, 5.74) is 9.99. The van der Waals surface area contributed by atoms with Crippen molar-refractivity contribution >= 4 is 23.4 Å². The highest BCUT2D eigenvalue weighted by molar-refractivity contribution is 5.96. The first-order valence-electron chi connectivity index (χ1n) is 10.1. The van der Waals surface area contributed by atoms with E-state index in [1.807, 2.05) is 23.1 Å². The molecule has 1 aliphatic rings. The second kappa shape index (κ2) is 10.8. The Kier molecular flexibility index (Phi) is 8.37. The lowest BCUT2D eigenvalue weighted by Crippen LogP contribution is -2.35. The molecule has 2 rings (SSSR count). The third-order valence-electron chi connectivity index (χ3n) is 4.96. The number of hydrogen-bond acceptors (Lipinski definition) is 4. The van der Waals surface area contributed by atoms with Crippen LogP contribution in [-0.2, 0) is 0 Å². The lowest BCUT2D eigenvalue weighted by molar-refractivity contribution is 0.0724. The van der Waals surface area contributed by atoms with Crippen LogP contribution in [0.3, 0.4) is 0 Å². The first-order chi connectivity index (χ1) is 13.0. The van der Waals surface area contributed by atoms with Gasteiger partial charge in [0, 0.05) is 36.1 Å². The summed E-state index contributed by atoms with van der Waals surface area (Å²) in [4.78, 5) is 14.8. The molecule has 1 aliphatic heterocycles. The third-order valence-corrected chi connectivity index (χ3v) is 4.96. The van der Waals surface area contributed by atoms with E-state index < -0.39 is 0 Å². The number of anilines is 1. The second-order valence-corrected chi connectivity index (χ2v) is 7.67. The van der Waals surface area contributed by atoms with Crippen molar-refractivity contribution in [3.8, 4) is 0 Å². The average Bonchev–Trinajstić information content (AvgIpc) is 2.67. The van der Waals surface area contributed by atoms with E-state index in [2.05, 4.69) is 25.0 Å². The summed E-state index contributed by atoms with van der Waals surface area (Å²) in [5.74, 6) is 5.71. The van der Waals surface area contributed by atoms with Crippen LogP contribution in [0.5, 0.6) is 0 Å². The van der Waals surface area contributed by atoms with Crippen LogP contribution < -0.4 is 11.6 Å². The molecule has 1 aromatic carbocycles. The van der Waals surface area contributed by atoms with E-state index in [1.54, 1.807) is 6.21 Å². The van der Waals surface area contributed by atoms with E-state index in [-0.39, 0.29) is 5.91 Å². The number of piperidine rings is 1. The number of unbranched alkanes of at least 4 members (excludes halogenated alkanes) is 2. The zero-order chi connectivity index (χ0) is 19.6. The summed E-state index contributed by atoms with van der Waals surface area (Å²) in [7, 11) is 0. The summed E-state index contributed by atoms with van der Waals surface area (Å²) in [5, 5.41) is 3.55. The molecule has 0 atom stereocenters. The number of hydrogen-bond donors (Lipinski definition) is 2. The van der Waals surface area contributed by atoms with E-state index in [9.17, 15) is 4.79 Å². The third kappa shape index (κ3) is 6.42. The summed E-state index contributed by atoms with van der Waals surface area (Å²) < 4.78 is 0. The van der Waals surface area contributed by atoms with E-state index in [1.165, 1.54) is 12.0 Å². The van der Waals surface area contributed by atoms with Gasteiger partial charge in [-0.3, -0.25) is 4.79 Å². The van der Waals surface area contributed by atoms with Gasteiger partial charge in [0.1, 0.15) is 0 Å². The maximum atomic E-state index is 12.9. The minimum atomic E-state index is 0.124. The fourth-order valence-corrected chi connectivity index (χ4v) is 3.58. The quantitative estimate of drug-likeness (QED) is 0.233. The topological polar surface area (TPSA) is 84.7 Å². The average molecular weight is 371 g/mol. The summed E-state index contributed by atoms with van der Waals surface area (Å²) in [6, 6.07) is 5.73. The molecule has 0 radical (unpaired) electrons. The van der Waals surface area contributed by atoms with Crippen LogP contribution in [0.2, 0.25) is 0 Å². The fraction of sp³-hybridized carbons (Fsp3) is 0.545. The normalized spacial score (nSPS) is 15.7. The van der Waals surface area contributed by atoms with Gasteiger partial charge in [-0.15, -0.1) is 0 Å². The highest BCUT2D eigenvalue weighted by Gasteiger charge is 2.19. The molecular weight excluding hydrogens is 336 g/mol. The van der Waals surface area contributed by atoms with Gasteiger partial charge in [-0.05, 0) is 74.6 Å². The lowest BCUT2D eigenvalue weighted by atomic mass is 9.93. The molecule has 1 fully saturated rings. The molecule has 0 aromatic heterocycles. The molecule has 5 nitrogen and oxygen atoms in total. The Morgan fingerprint density at radius 3 is 2.63 bits per heavy atom. The number of nitrogens with zero attached hydrogens (tertiary/aromatic N) is 2. The zero-order valence-corrected chi connectivity index (χ0v) is 16.8. The molecule has 1 saturated heterocycles. The predicted molar refractivity (Wildman–Crippen MR) is 115 cm³/mol. The minimum absolute atomic E-state index is 0.124. The zero-order valence-electron chi connectivity index (χ0n) is 16.8. The number of amides is 1. The van der Waals surface area contributed by atoms with E-state index in [0.717, 1.165) is 68.4 Å². The number of nitrogens with two attached hydrogens (primary N) is 2. The minimum Gasteiger partial charge on any atom is -0.398 e. The smallest absolute Gasteiger partial charge is 0.253 e. The number of likely N-dealkylation sites (tertiary alicyclic amines) is 1. The molecule has 0 saturated carbocycles. The van der Waals surface area contributed by atoms with Crippen LogP contribution >= 0.6 is 0 Å². The monoisotopic (exact) mass is 370 g/mol. The van der Waals surface area contributed by atoms with Gasteiger partial charge in [0.05, 0.1) is 0 Å². The van der Waals surface area contributed by atoms with Gasteiger partial charge in [-0.2, -0.15) is 5.10 Å². The molecule has 1 amide bonds. The van der Waals surface area contributed by atoms with Crippen LogP contribution in [0.1, 0.15) is 74.7 Å². The first-order valence-corrected chi connectivity index (χ1v) is 10.1. The van der Waals surface area contributed by atoms with Crippen molar-refractivity contribution in [1.82, 2.24) is 4.90 Å². The van der Waals surface area contributed by atoms with Crippen molar-refractivity contribution in [2.45, 2.75) is 58.8 Å². The summed E-state index contributed by atoms with van der Waals surface area (Å²) >= 11 is 0. The number of carbonyl (C=O) groups is 1. The Labute approximate surface area is 163 Å². The number of carbonyl (C=O) groups excluding carboxylic acids is 1. The molecule has 1 heterocycles. The maximum absolute atomic E-state index is 12.9. The second-order valence-electron chi connectivity index (χ2n) is 7.67. The van der Waals surface area contributed by atoms with Gasteiger partial charge >= 0.3 is 0 Å². The lowest BCUT2D eigenvalue weighted by Gasteiger charge is -2.27. The molecule has 5 heteroatoms. The van der Waals surface area contributed by atoms with Crippen molar-refractivity contribution < 1.29 is 4.79 Å². The van der Waals surface area contributed by atoms with Gasteiger partial charge in [0.25, 0.3) is 5.91 Å². The Balaban J connectivity index is 2.19. The van der Waals surface area contributed by atoms with Crippen molar-refractivity contribution in [3.63, 3.8) is 0 Å². The Morgan fingerprint density at radius 1 is 1.22 bits per heavy atom. The van der Waals surface area contributed by atoms with Crippen LogP contribution in [0.25, 0.3) is 5.57 Å². The maximum Gasteiger partial charge on any atom is 0.253 e. The van der Waals surface area contributed by atoms with Gasteiger partial charge in [0.2, 0.25) is 0 Å². The van der Waals surface area contributed by atoms with Crippen LogP contribution in [0.4, 0.5) is 5.69 Å². The van der Waals surface area contributed by atoms with Gasteiger partial charge in [0.15, 0.2) is 0 Å². The van der Waals surface area contributed by atoms with Crippen LogP contribution in [-0.4, -0.2) is 30.1 Å². The Hall–Kier alpha value is -2.30. The SMILES string of the molecule is CC(C)/C=C(\CCCC/C=N\N)c1cc(C(=O)N2CCCCC2)ccc1N. The predicted octanol–water partition coefficient (Wildman–Crippen LogP) is 4.44. The molecular formula is C22H34N4O. The van der Waals surface area contributed by atoms with Crippen LogP contribution in [0.15, 0.2) is 29.4 Å². The highest BCUT2D eigenvalue weighted by atomic mass is 16.2. The Morgan fingerprint density at radius 2 is 1.96 bits per heavy atom. The number of hydrazone groups is 1.